The number of thiophene rings is 1. The lowest BCUT2D eigenvalue weighted by Gasteiger charge is -2.18. The topological polar surface area (TPSA) is 136 Å². The van der Waals surface area contributed by atoms with Crippen molar-refractivity contribution in [2.45, 2.75) is 31.7 Å². The Kier molecular flexibility index (Phi) is 4.67. The van der Waals surface area contributed by atoms with Crippen LogP contribution in [0.5, 0.6) is 0 Å². The van der Waals surface area contributed by atoms with Crippen LogP contribution < -0.4 is 16.6 Å². The highest BCUT2D eigenvalue weighted by Gasteiger charge is 2.23. The Hall–Kier alpha value is -2.92. The molecule has 7 nitrogen and oxygen atoms in total. The molecular formula is C17H17N5O2S. The molecule has 0 bridgehead atoms. The first-order valence-electron chi connectivity index (χ1n) is 7.91. The number of aromatic amines is 1. The summed E-state index contributed by atoms with van der Waals surface area (Å²) in [5, 5.41) is 22.7. The van der Waals surface area contributed by atoms with Crippen molar-refractivity contribution in [1.29, 1.82) is 10.7 Å². The summed E-state index contributed by atoms with van der Waals surface area (Å²) in [6.07, 6.45) is 5.49. The first kappa shape index (κ1) is 16.9. The molecule has 5 N–H and O–H groups in total. The summed E-state index contributed by atoms with van der Waals surface area (Å²) in [6.45, 7) is 0. The summed E-state index contributed by atoms with van der Waals surface area (Å²) in [5.41, 5.74) is 5.98. The van der Waals surface area contributed by atoms with Crippen LogP contribution in [0.25, 0.3) is 0 Å². The van der Waals surface area contributed by atoms with E-state index >= 15 is 0 Å². The lowest BCUT2D eigenvalue weighted by atomic mass is 10.0. The number of pyridine rings is 1. The van der Waals surface area contributed by atoms with Crippen LogP contribution in [-0.4, -0.2) is 22.6 Å². The number of primary amides is 1. The minimum absolute atomic E-state index is 0.0393. The minimum atomic E-state index is -0.576. The van der Waals surface area contributed by atoms with Gasteiger partial charge in [-0.3, -0.25) is 15.0 Å². The van der Waals surface area contributed by atoms with Gasteiger partial charge in [0.25, 0.3) is 11.5 Å². The van der Waals surface area contributed by atoms with Gasteiger partial charge in [0.2, 0.25) is 0 Å². The van der Waals surface area contributed by atoms with Gasteiger partial charge in [0.05, 0.1) is 27.4 Å². The molecule has 8 heteroatoms. The number of nitrogens with one attached hydrogen (secondary N) is 3. The number of nitrogens with two attached hydrogens (primary N) is 1. The van der Waals surface area contributed by atoms with Gasteiger partial charge < -0.3 is 16.0 Å². The molecule has 0 aliphatic heterocycles. The Balaban J connectivity index is 2.06. The second-order valence-electron chi connectivity index (χ2n) is 5.96. The fourth-order valence-electron chi connectivity index (χ4n) is 3.02. The zero-order valence-corrected chi connectivity index (χ0v) is 14.2. The third kappa shape index (κ3) is 3.32. The smallest absolute Gasteiger partial charge is 0.259 e. The molecular weight excluding hydrogens is 338 g/mol. The van der Waals surface area contributed by atoms with E-state index in [2.05, 4.69) is 16.4 Å². The van der Waals surface area contributed by atoms with E-state index < -0.39 is 11.5 Å². The Bertz CT molecular complexity index is 931. The normalized spacial score (nSPS) is 14.2. The molecule has 0 radical (unpaired) electrons. The number of anilines is 1. The van der Waals surface area contributed by atoms with Gasteiger partial charge in [-0.05, 0) is 18.9 Å². The van der Waals surface area contributed by atoms with Gasteiger partial charge in [-0.1, -0.05) is 12.8 Å². The summed E-state index contributed by atoms with van der Waals surface area (Å²) >= 11 is 1.12. The SMILES string of the molecule is N#Cc1c[nH]c(=O)c(C(=N)c2csc(C(N)=O)c2)c1NC1CCCC1. The maximum absolute atomic E-state index is 12.4. The van der Waals surface area contributed by atoms with Gasteiger partial charge in [0.1, 0.15) is 6.07 Å². The Morgan fingerprint density at radius 3 is 2.76 bits per heavy atom. The first-order valence-corrected chi connectivity index (χ1v) is 8.79. The maximum atomic E-state index is 12.4. The van der Waals surface area contributed by atoms with Crippen LogP contribution in [0.3, 0.4) is 0 Å². The molecule has 0 atom stereocenters. The third-order valence-electron chi connectivity index (χ3n) is 4.30. The summed E-state index contributed by atoms with van der Waals surface area (Å²) in [4.78, 5) is 26.5. The van der Waals surface area contributed by atoms with Crippen LogP contribution in [0.2, 0.25) is 0 Å². The van der Waals surface area contributed by atoms with Crippen molar-refractivity contribution in [2.75, 3.05) is 5.32 Å². The zero-order chi connectivity index (χ0) is 18.0. The van der Waals surface area contributed by atoms with Gasteiger partial charge in [0, 0.05) is 23.2 Å². The second-order valence-corrected chi connectivity index (χ2v) is 6.87. The minimum Gasteiger partial charge on any atom is -0.380 e. The monoisotopic (exact) mass is 355 g/mol. The molecule has 25 heavy (non-hydrogen) atoms. The van der Waals surface area contributed by atoms with E-state index in [1.54, 1.807) is 5.38 Å². The molecule has 2 aromatic heterocycles. The van der Waals surface area contributed by atoms with Crippen LogP contribution in [0.15, 0.2) is 22.4 Å². The number of rotatable bonds is 5. The number of nitriles is 1. The van der Waals surface area contributed by atoms with Gasteiger partial charge >= 0.3 is 0 Å². The van der Waals surface area contributed by atoms with E-state index in [-0.39, 0.29) is 22.9 Å². The van der Waals surface area contributed by atoms with Crippen molar-refractivity contribution in [3.05, 3.63) is 49.6 Å². The third-order valence-corrected chi connectivity index (χ3v) is 5.24. The standard InChI is InChI=1S/C17H17N5O2S/c18-6-10-7-21-17(24)13(15(10)22-11-3-1-2-4-11)14(19)9-5-12(16(20)23)25-8-9/h5,7-8,11,19H,1-4H2,(H2,20,23)(H2,21,22,24). The molecule has 2 heterocycles. The van der Waals surface area contributed by atoms with Crippen LogP contribution in [0.4, 0.5) is 5.69 Å². The van der Waals surface area contributed by atoms with Crippen LogP contribution >= 0.6 is 11.3 Å². The highest BCUT2D eigenvalue weighted by Crippen LogP contribution is 2.27. The summed E-state index contributed by atoms with van der Waals surface area (Å²) in [7, 11) is 0. The quantitative estimate of drug-likeness (QED) is 0.611. The summed E-state index contributed by atoms with van der Waals surface area (Å²) in [5.74, 6) is -0.576. The number of nitrogens with zero attached hydrogens (tertiary/aromatic N) is 1. The van der Waals surface area contributed by atoms with E-state index in [9.17, 15) is 14.9 Å². The van der Waals surface area contributed by atoms with Crippen LogP contribution in [0.1, 0.15) is 52.0 Å². The van der Waals surface area contributed by atoms with Crippen LogP contribution in [-0.2, 0) is 0 Å². The number of carbonyl (C=O) groups excluding carboxylic acids is 1. The van der Waals surface area contributed by atoms with E-state index in [0.717, 1.165) is 37.0 Å². The lowest BCUT2D eigenvalue weighted by Crippen LogP contribution is -2.25. The molecule has 3 rings (SSSR count). The predicted octanol–water partition coefficient (Wildman–Crippen LogP) is 2.18. The predicted molar refractivity (Wildman–Crippen MR) is 96.4 cm³/mol. The molecule has 1 amide bonds. The molecule has 1 saturated carbocycles. The van der Waals surface area contributed by atoms with Crippen molar-refractivity contribution in [1.82, 2.24) is 4.98 Å². The van der Waals surface area contributed by atoms with Crippen molar-refractivity contribution in [3.8, 4) is 6.07 Å². The zero-order valence-electron chi connectivity index (χ0n) is 13.4. The maximum Gasteiger partial charge on any atom is 0.259 e. The van der Waals surface area contributed by atoms with Gasteiger partial charge in [-0.2, -0.15) is 5.26 Å². The molecule has 1 fully saturated rings. The average Bonchev–Trinajstić information content (AvgIpc) is 3.26. The Morgan fingerprint density at radius 2 is 2.16 bits per heavy atom. The van der Waals surface area contributed by atoms with Crippen molar-refractivity contribution in [2.24, 2.45) is 5.73 Å². The highest BCUT2D eigenvalue weighted by molar-refractivity contribution is 7.12. The van der Waals surface area contributed by atoms with Gasteiger partial charge in [-0.15, -0.1) is 11.3 Å². The van der Waals surface area contributed by atoms with E-state index in [4.69, 9.17) is 11.1 Å². The van der Waals surface area contributed by atoms with E-state index in [1.807, 2.05) is 0 Å². The van der Waals surface area contributed by atoms with Gasteiger partial charge in [0.15, 0.2) is 0 Å². The average molecular weight is 355 g/mol. The summed E-state index contributed by atoms with van der Waals surface area (Å²) in [6, 6.07) is 3.74. The summed E-state index contributed by atoms with van der Waals surface area (Å²) < 4.78 is 0. The van der Waals surface area contributed by atoms with Crippen molar-refractivity contribution < 1.29 is 4.79 Å². The van der Waals surface area contributed by atoms with E-state index in [0.29, 0.717) is 16.1 Å². The number of H-pyrrole nitrogens is 1. The number of carbonyl (C=O) groups is 1. The fraction of sp³-hybridized carbons (Fsp3) is 0.294. The molecule has 1 aliphatic carbocycles. The van der Waals surface area contributed by atoms with E-state index in [1.165, 1.54) is 12.3 Å². The molecule has 128 valence electrons. The molecule has 2 aromatic rings. The highest BCUT2D eigenvalue weighted by atomic mass is 32.1. The van der Waals surface area contributed by atoms with Crippen molar-refractivity contribution in [3.63, 3.8) is 0 Å². The number of amides is 1. The van der Waals surface area contributed by atoms with Gasteiger partial charge in [-0.25, -0.2) is 0 Å². The lowest BCUT2D eigenvalue weighted by molar-refractivity contribution is 0.100. The Morgan fingerprint density at radius 1 is 1.44 bits per heavy atom. The van der Waals surface area contributed by atoms with Crippen LogP contribution in [0, 0.1) is 16.7 Å². The van der Waals surface area contributed by atoms with Crippen molar-refractivity contribution >= 4 is 28.6 Å². The molecule has 0 spiro atoms. The molecule has 0 unspecified atom stereocenters. The number of hydrogen-bond acceptors (Lipinski definition) is 6. The second kappa shape index (κ2) is 6.91. The number of aromatic nitrogens is 1. The Labute approximate surface area is 148 Å². The molecule has 0 aromatic carbocycles. The number of hydrogen-bond donors (Lipinski definition) is 4. The largest absolute Gasteiger partial charge is 0.380 e. The molecule has 1 aliphatic rings. The first-order chi connectivity index (χ1) is 12.0. The fourth-order valence-corrected chi connectivity index (χ4v) is 3.77. The molecule has 0 saturated heterocycles.